The molecule has 1 aliphatic rings. The van der Waals surface area contributed by atoms with Crippen molar-refractivity contribution in [2.45, 2.75) is 31.5 Å². The van der Waals surface area contributed by atoms with Gasteiger partial charge in [-0.1, -0.05) is 18.2 Å². The second-order valence-electron chi connectivity index (χ2n) is 5.20. The Morgan fingerprint density at radius 2 is 1.74 bits per heavy atom. The second-order valence-corrected chi connectivity index (χ2v) is 5.20. The normalized spacial score (nSPS) is 20.5. The van der Waals surface area contributed by atoms with Gasteiger partial charge in [0.05, 0.1) is 5.56 Å². The Morgan fingerprint density at radius 1 is 1.11 bits per heavy atom. The van der Waals surface area contributed by atoms with E-state index in [0.29, 0.717) is 6.04 Å². The van der Waals surface area contributed by atoms with Gasteiger partial charge in [0.15, 0.2) is 0 Å². The standard InChI is InChI=1S/C15H18F3N/c1-19(2)14-5-3-4-12(10-14)11-6-8-13(9-7-11)15(16,17)18/h4,6-9,14H,3,5,10H2,1-2H3. The van der Waals surface area contributed by atoms with Crippen molar-refractivity contribution in [3.05, 3.63) is 41.5 Å². The van der Waals surface area contributed by atoms with E-state index in [1.807, 2.05) is 14.1 Å². The van der Waals surface area contributed by atoms with E-state index >= 15 is 0 Å². The van der Waals surface area contributed by atoms with Crippen LogP contribution >= 0.6 is 0 Å². The maximum absolute atomic E-state index is 12.5. The number of rotatable bonds is 2. The second kappa shape index (κ2) is 5.37. The Morgan fingerprint density at radius 3 is 2.26 bits per heavy atom. The van der Waals surface area contributed by atoms with E-state index in [0.717, 1.165) is 42.5 Å². The van der Waals surface area contributed by atoms with Gasteiger partial charge in [-0.25, -0.2) is 0 Å². The first kappa shape index (κ1) is 14.1. The van der Waals surface area contributed by atoms with E-state index in [1.165, 1.54) is 0 Å². The van der Waals surface area contributed by atoms with Gasteiger partial charge in [0.25, 0.3) is 0 Å². The summed E-state index contributed by atoms with van der Waals surface area (Å²) in [5.41, 5.74) is 1.47. The highest BCUT2D eigenvalue weighted by Gasteiger charge is 2.30. The lowest BCUT2D eigenvalue weighted by Gasteiger charge is -2.28. The maximum Gasteiger partial charge on any atom is 0.416 e. The lowest BCUT2D eigenvalue weighted by molar-refractivity contribution is -0.137. The topological polar surface area (TPSA) is 3.24 Å². The molecule has 0 N–H and O–H groups in total. The van der Waals surface area contributed by atoms with Crippen LogP contribution < -0.4 is 0 Å². The molecule has 0 amide bonds. The third-order valence-corrected chi connectivity index (χ3v) is 3.66. The Bertz CT molecular complexity index is 457. The highest BCUT2D eigenvalue weighted by atomic mass is 19.4. The summed E-state index contributed by atoms with van der Waals surface area (Å²) in [6.45, 7) is 0. The molecule has 0 spiro atoms. The lowest BCUT2D eigenvalue weighted by Crippen LogP contribution is -2.29. The molecule has 1 unspecified atom stereocenters. The van der Waals surface area contributed by atoms with Crippen LogP contribution in [0.1, 0.15) is 30.4 Å². The smallest absolute Gasteiger partial charge is 0.306 e. The van der Waals surface area contributed by atoms with Crippen LogP contribution in [0, 0.1) is 0 Å². The van der Waals surface area contributed by atoms with Gasteiger partial charge in [0.1, 0.15) is 0 Å². The maximum atomic E-state index is 12.5. The summed E-state index contributed by atoms with van der Waals surface area (Å²) >= 11 is 0. The summed E-state index contributed by atoms with van der Waals surface area (Å²) in [7, 11) is 4.08. The molecule has 4 heteroatoms. The summed E-state index contributed by atoms with van der Waals surface area (Å²) < 4.78 is 37.5. The van der Waals surface area contributed by atoms with Gasteiger partial charge in [-0.3, -0.25) is 0 Å². The van der Waals surface area contributed by atoms with Gasteiger partial charge in [0.2, 0.25) is 0 Å². The number of hydrogen-bond acceptors (Lipinski definition) is 1. The zero-order valence-corrected chi connectivity index (χ0v) is 11.2. The van der Waals surface area contributed by atoms with Gasteiger partial charge in [-0.15, -0.1) is 0 Å². The molecule has 19 heavy (non-hydrogen) atoms. The third kappa shape index (κ3) is 3.38. The number of allylic oxidation sites excluding steroid dienone is 1. The molecule has 1 aromatic carbocycles. The minimum atomic E-state index is -4.26. The van der Waals surface area contributed by atoms with Crippen LogP contribution in [0.5, 0.6) is 0 Å². The van der Waals surface area contributed by atoms with Crippen molar-refractivity contribution in [1.82, 2.24) is 4.90 Å². The SMILES string of the molecule is CN(C)C1CCC=C(c2ccc(C(F)(F)F)cc2)C1. The van der Waals surface area contributed by atoms with Crippen molar-refractivity contribution in [2.24, 2.45) is 0 Å². The first-order valence-corrected chi connectivity index (χ1v) is 6.41. The number of alkyl halides is 3. The summed E-state index contributed by atoms with van der Waals surface area (Å²) in [4.78, 5) is 2.18. The molecule has 0 radical (unpaired) electrons. The number of hydrogen-bond donors (Lipinski definition) is 0. The Kier molecular flexibility index (Phi) is 3.99. The van der Waals surface area contributed by atoms with Crippen LogP contribution in [-0.2, 0) is 6.18 Å². The van der Waals surface area contributed by atoms with Crippen molar-refractivity contribution in [3.63, 3.8) is 0 Å². The van der Waals surface area contributed by atoms with E-state index in [1.54, 1.807) is 12.1 Å². The Balaban J connectivity index is 2.17. The van der Waals surface area contributed by atoms with Crippen LogP contribution in [0.4, 0.5) is 13.2 Å². The van der Waals surface area contributed by atoms with Crippen molar-refractivity contribution >= 4 is 5.57 Å². The van der Waals surface area contributed by atoms with Gasteiger partial charge in [0, 0.05) is 6.04 Å². The van der Waals surface area contributed by atoms with Crippen LogP contribution in [-0.4, -0.2) is 25.0 Å². The molecule has 2 rings (SSSR count). The molecule has 1 aliphatic carbocycles. The van der Waals surface area contributed by atoms with E-state index in [4.69, 9.17) is 0 Å². The van der Waals surface area contributed by atoms with Crippen molar-refractivity contribution in [1.29, 1.82) is 0 Å². The van der Waals surface area contributed by atoms with Gasteiger partial charge in [-0.2, -0.15) is 13.2 Å². The summed E-state index contributed by atoms with van der Waals surface area (Å²) in [5, 5.41) is 0. The number of nitrogens with zero attached hydrogens (tertiary/aromatic N) is 1. The molecule has 0 fully saturated rings. The van der Waals surface area contributed by atoms with Crippen LogP contribution in [0.15, 0.2) is 30.3 Å². The van der Waals surface area contributed by atoms with E-state index in [9.17, 15) is 13.2 Å². The quantitative estimate of drug-likeness (QED) is 0.777. The zero-order chi connectivity index (χ0) is 14.0. The fourth-order valence-corrected chi connectivity index (χ4v) is 2.44. The average molecular weight is 269 g/mol. The third-order valence-electron chi connectivity index (χ3n) is 3.66. The Hall–Kier alpha value is -1.29. The lowest BCUT2D eigenvalue weighted by atomic mass is 9.89. The molecule has 1 atom stereocenters. The molecule has 104 valence electrons. The molecule has 1 nitrogen and oxygen atoms in total. The summed E-state index contributed by atoms with van der Waals surface area (Å²) in [5.74, 6) is 0. The first-order chi connectivity index (χ1) is 8.88. The van der Waals surface area contributed by atoms with Crippen LogP contribution in [0.2, 0.25) is 0 Å². The van der Waals surface area contributed by atoms with E-state index in [-0.39, 0.29) is 0 Å². The molecule has 0 saturated heterocycles. The minimum Gasteiger partial charge on any atom is -0.306 e. The minimum absolute atomic E-state index is 0.474. The molecular weight excluding hydrogens is 251 g/mol. The van der Waals surface area contributed by atoms with Gasteiger partial charge in [-0.05, 0) is 56.6 Å². The molecule has 0 saturated carbocycles. The van der Waals surface area contributed by atoms with E-state index in [2.05, 4.69) is 11.0 Å². The molecule has 1 aromatic rings. The Labute approximate surface area is 111 Å². The fourth-order valence-electron chi connectivity index (χ4n) is 2.44. The van der Waals surface area contributed by atoms with Gasteiger partial charge < -0.3 is 4.90 Å². The molecular formula is C15H18F3N. The largest absolute Gasteiger partial charge is 0.416 e. The first-order valence-electron chi connectivity index (χ1n) is 6.41. The van der Waals surface area contributed by atoms with Crippen molar-refractivity contribution in [2.75, 3.05) is 14.1 Å². The van der Waals surface area contributed by atoms with Crippen molar-refractivity contribution in [3.8, 4) is 0 Å². The van der Waals surface area contributed by atoms with Crippen LogP contribution in [0.25, 0.3) is 5.57 Å². The summed E-state index contributed by atoms with van der Waals surface area (Å²) in [6.07, 6.45) is 0.878. The van der Waals surface area contributed by atoms with Crippen LogP contribution in [0.3, 0.4) is 0 Å². The number of halogens is 3. The molecule has 0 aromatic heterocycles. The zero-order valence-electron chi connectivity index (χ0n) is 11.2. The highest BCUT2D eigenvalue weighted by Crippen LogP contribution is 2.32. The summed E-state index contributed by atoms with van der Waals surface area (Å²) in [6, 6.07) is 5.95. The van der Waals surface area contributed by atoms with E-state index < -0.39 is 11.7 Å². The monoisotopic (exact) mass is 269 g/mol. The molecule has 0 bridgehead atoms. The highest BCUT2D eigenvalue weighted by molar-refractivity contribution is 5.67. The predicted octanol–water partition coefficient (Wildman–Crippen LogP) is 4.20. The number of benzene rings is 1. The predicted molar refractivity (Wildman–Crippen MR) is 70.7 cm³/mol. The fraction of sp³-hybridized carbons (Fsp3) is 0.467. The average Bonchev–Trinajstić information content (AvgIpc) is 2.38. The van der Waals surface area contributed by atoms with Gasteiger partial charge >= 0.3 is 6.18 Å². The molecule has 0 heterocycles. The van der Waals surface area contributed by atoms with Crippen molar-refractivity contribution < 1.29 is 13.2 Å². The molecule has 0 aliphatic heterocycles.